The van der Waals surface area contributed by atoms with Gasteiger partial charge in [-0.3, -0.25) is 14.9 Å². The Labute approximate surface area is 167 Å². The average Bonchev–Trinajstić information content (AvgIpc) is 3.38. The zero-order valence-corrected chi connectivity index (χ0v) is 16.1. The number of nitrogens with zero attached hydrogens (tertiary/aromatic N) is 4. The molecule has 0 aliphatic carbocycles. The van der Waals surface area contributed by atoms with Crippen LogP contribution in [0, 0.1) is 13.8 Å². The molecule has 0 aliphatic heterocycles. The van der Waals surface area contributed by atoms with Gasteiger partial charge in [-0.1, -0.05) is 17.7 Å². The summed E-state index contributed by atoms with van der Waals surface area (Å²) in [5.74, 6) is 0.864. The number of aromatic amines is 1. The number of carbonyl (C=O) groups excluding carboxylic acids is 1. The van der Waals surface area contributed by atoms with Crippen LogP contribution in [0.2, 0.25) is 0 Å². The molecule has 0 fully saturated rings. The first-order chi connectivity index (χ1) is 14.1. The lowest BCUT2D eigenvalue weighted by Gasteiger charge is -2.09. The van der Waals surface area contributed by atoms with Crippen molar-refractivity contribution in [1.29, 1.82) is 0 Å². The summed E-state index contributed by atoms with van der Waals surface area (Å²) in [6, 6.07) is 13.1. The first-order valence-electron chi connectivity index (χ1n) is 9.09. The SMILES string of the molecule is Cc1ccc(OCn2ccc(C(=O)Nc3cc(-c4ccncc4)[nH]n3)n2)c(C)c1. The summed E-state index contributed by atoms with van der Waals surface area (Å²) in [6.45, 7) is 4.24. The Hall–Kier alpha value is -3.94. The summed E-state index contributed by atoms with van der Waals surface area (Å²) < 4.78 is 7.36. The van der Waals surface area contributed by atoms with E-state index in [1.54, 1.807) is 35.4 Å². The van der Waals surface area contributed by atoms with Crippen molar-refractivity contribution in [2.45, 2.75) is 20.6 Å². The van der Waals surface area contributed by atoms with Crippen LogP contribution in [-0.2, 0) is 6.73 Å². The molecule has 0 atom stereocenters. The van der Waals surface area contributed by atoms with Crippen molar-refractivity contribution in [2.24, 2.45) is 0 Å². The van der Waals surface area contributed by atoms with Crippen molar-refractivity contribution in [1.82, 2.24) is 25.0 Å². The van der Waals surface area contributed by atoms with Crippen molar-refractivity contribution in [2.75, 3.05) is 5.32 Å². The minimum absolute atomic E-state index is 0.214. The molecule has 8 nitrogen and oxygen atoms in total. The van der Waals surface area contributed by atoms with Crippen LogP contribution in [0.5, 0.6) is 5.75 Å². The lowest BCUT2D eigenvalue weighted by molar-refractivity contribution is 0.102. The molecule has 1 aromatic carbocycles. The summed E-state index contributed by atoms with van der Waals surface area (Å²) in [7, 11) is 0. The number of anilines is 1. The third-order valence-electron chi connectivity index (χ3n) is 4.37. The largest absolute Gasteiger partial charge is 0.471 e. The number of ether oxygens (including phenoxy) is 1. The molecule has 4 aromatic rings. The van der Waals surface area contributed by atoms with Crippen molar-refractivity contribution in [3.8, 4) is 17.0 Å². The molecule has 29 heavy (non-hydrogen) atoms. The summed E-state index contributed by atoms with van der Waals surface area (Å²) in [6.07, 6.45) is 5.09. The van der Waals surface area contributed by atoms with Gasteiger partial charge in [0, 0.05) is 30.2 Å². The van der Waals surface area contributed by atoms with Gasteiger partial charge < -0.3 is 10.1 Å². The number of nitrogens with one attached hydrogen (secondary N) is 2. The molecule has 1 amide bonds. The number of aryl methyl sites for hydroxylation is 2. The minimum Gasteiger partial charge on any atom is -0.471 e. The molecule has 0 unspecified atom stereocenters. The van der Waals surface area contributed by atoms with Crippen LogP contribution >= 0.6 is 0 Å². The highest BCUT2D eigenvalue weighted by Gasteiger charge is 2.12. The maximum absolute atomic E-state index is 12.4. The number of amides is 1. The fraction of sp³-hybridized carbons (Fsp3) is 0.143. The molecule has 0 bridgehead atoms. The number of aromatic nitrogens is 5. The monoisotopic (exact) mass is 388 g/mol. The molecular weight excluding hydrogens is 368 g/mol. The normalized spacial score (nSPS) is 10.7. The Balaban J connectivity index is 1.38. The Kier molecular flexibility index (Phi) is 5.07. The quantitative estimate of drug-likeness (QED) is 0.526. The van der Waals surface area contributed by atoms with E-state index in [1.807, 2.05) is 38.1 Å². The number of rotatable bonds is 6. The Morgan fingerprint density at radius 2 is 1.97 bits per heavy atom. The summed E-state index contributed by atoms with van der Waals surface area (Å²) in [5, 5.41) is 14.0. The van der Waals surface area contributed by atoms with Gasteiger partial charge in [0.1, 0.15) is 5.75 Å². The summed E-state index contributed by atoms with van der Waals surface area (Å²) in [5.41, 5.74) is 4.23. The summed E-state index contributed by atoms with van der Waals surface area (Å²) >= 11 is 0. The predicted octanol–water partition coefficient (Wildman–Crippen LogP) is 3.57. The third kappa shape index (κ3) is 4.32. The standard InChI is InChI=1S/C21H20N6O2/c1-14-3-4-19(15(2)11-14)29-13-27-10-7-17(26-27)21(28)23-20-12-18(24-25-20)16-5-8-22-9-6-16/h3-12H,13H2,1-2H3,(H2,23,24,25,28). The number of H-pyrrole nitrogens is 1. The first kappa shape index (κ1) is 18.4. The molecule has 146 valence electrons. The molecule has 2 N–H and O–H groups in total. The fourth-order valence-electron chi connectivity index (χ4n) is 2.90. The van der Waals surface area contributed by atoms with Crippen LogP contribution in [0.15, 0.2) is 61.1 Å². The van der Waals surface area contributed by atoms with Crippen molar-refractivity contribution in [3.05, 3.63) is 77.9 Å². The van der Waals surface area contributed by atoms with E-state index in [0.29, 0.717) is 5.82 Å². The van der Waals surface area contributed by atoms with Crippen LogP contribution < -0.4 is 10.1 Å². The van der Waals surface area contributed by atoms with Crippen molar-refractivity contribution >= 4 is 11.7 Å². The Morgan fingerprint density at radius 3 is 2.76 bits per heavy atom. The average molecular weight is 388 g/mol. The van der Waals surface area contributed by atoms with E-state index in [0.717, 1.165) is 22.6 Å². The second-order valence-corrected chi connectivity index (χ2v) is 6.64. The van der Waals surface area contributed by atoms with E-state index in [2.05, 4.69) is 31.7 Å². The number of hydrogen-bond acceptors (Lipinski definition) is 5. The van der Waals surface area contributed by atoms with Gasteiger partial charge in [-0.2, -0.15) is 10.2 Å². The van der Waals surface area contributed by atoms with Gasteiger partial charge in [-0.25, -0.2) is 4.68 Å². The van der Waals surface area contributed by atoms with Gasteiger partial charge in [0.05, 0.1) is 5.69 Å². The zero-order valence-electron chi connectivity index (χ0n) is 16.1. The number of carbonyl (C=O) groups is 1. The van der Waals surface area contributed by atoms with E-state index in [4.69, 9.17) is 4.74 Å². The highest BCUT2D eigenvalue weighted by Crippen LogP contribution is 2.20. The molecule has 3 heterocycles. The topological polar surface area (TPSA) is 97.7 Å². The van der Waals surface area contributed by atoms with Gasteiger partial charge in [0.25, 0.3) is 5.91 Å². The van der Waals surface area contributed by atoms with E-state index < -0.39 is 0 Å². The minimum atomic E-state index is -0.344. The molecule has 0 saturated carbocycles. The van der Waals surface area contributed by atoms with Crippen LogP contribution in [0.25, 0.3) is 11.3 Å². The Morgan fingerprint density at radius 1 is 1.14 bits per heavy atom. The smallest absolute Gasteiger partial charge is 0.277 e. The number of benzene rings is 1. The lowest BCUT2D eigenvalue weighted by atomic mass is 10.1. The van der Waals surface area contributed by atoms with Gasteiger partial charge in [-0.15, -0.1) is 0 Å². The highest BCUT2D eigenvalue weighted by molar-refractivity contribution is 6.02. The van der Waals surface area contributed by atoms with Crippen LogP contribution in [0.3, 0.4) is 0 Å². The summed E-state index contributed by atoms with van der Waals surface area (Å²) in [4.78, 5) is 16.4. The molecule has 0 spiro atoms. The van der Waals surface area contributed by atoms with Crippen molar-refractivity contribution in [3.63, 3.8) is 0 Å². The van der Waals surface area contributed by atoms with Gasteiger partial charge in [0.15, 0.2) is 18.2 Å². The van der Waals surface area contributed by atoms with E-state index >= 15 is 0 Å². The molecule has 0 aliphatic rings. The van der Waals surface area contributed by atoms with Crippen LogP contribution in [-0.4, -0.2) is 30.9 Å². The number of hydrogen-bond donors (Lipinski definition) is 2. The van der Waals surface area contributed by atoms with Gasteiger partial charge in [-0.05, 0) is 43.7 Å². The van der Waals surface area contributed by atoms with E-state index in [1.165, 1.54) is 5.56 Å². The maximum atomic E-state index is 12.4. The van der Waals surface area contributed by atoms with Crippen LogP contribution in [0.1, 0.15) is 21.6 Å². The molecular formula is C21H20N6O2. The molecule has 4 rings (SSSR count). The Bertz CT molecular complexity index is 1130. The zero-order chi connectivity index (χ0) is 20.2. The second-order valence-electron chi connectivity index (χ2n) is 6.64. The molecule has 3 aromatic heterocycles. The van der Waals surface area contributed by atoms with Gasteiger partial charge in [0.2, 0.25) is 0 Å². The predicted molar refractivity (Wildman–Crippen MR) is 109 cm³/mol. The highest BCUT2D eigenvalue weighted by atomic mass is 16.5. The first-order valence-corrected chi connectivity index (χ1v) is 9.09. The van der Waals surface area contributed by atoms with Crippen LogP contribution in [0.4, 0.5) is 5.82 Å². The third-order valence-corrected chi connectivity index (χ3v) is 4.37. The van der Waals surface area contributed by atoms with E-state index in [-0.39, 0.29) is 18.3 Å². The molecule has 0 saturated heterocycles. The maximum Gasteiger partial charge on any atom is 0.277 e. The fourth-order valence-corrected chi connectivity index (χ4v) is 2.90. The van der Waals surface area contributed by atoms with E-state index in [9.17, 15) is 4.79 Å². The van der Waals surface area contributed by atoms with Gasteiger partial charge >= 0.3 is 0 Å². The molecule has 0 radical (unpaired) electrons. The number of pyridine rings is 1. The lowest BCUT2D eigenvalue weighted by Crippen LogP contribution is -2.14. The van der Waals surface area contributed by atoms with Crippen molar-refractivity contribution < 1.29 is 9.53 Å². The second kappa shape index (κ2) is 7.97. The molecule has 8 heteroatoms.